The van der Waals surface area contributed by atoms with Crippen LogP contribution in [-0.2, 0) is 10.0 Å². The van der Waals surface area contributed by atoms with Crippen LogP contribution < -0.4 is 15.2 Å². The summed E-state index contributed by atoms with van der Waals surface area (Å²) in [5.41, 5.74) is 1.96. The van der Waals surface area contributed by atoms with Crippen molar-refractivity contribution in [2.24, 2.45) is 11.1 Å². The molecule has 0 spiro atoms. The van der Waals surface area contributed by atoms with Crippen molar-refractivity contribution in [1.29, 1.82) is 0 Å². The van der Waals surface area contributed by atoms with Crippen molar-refractivity contribution in [3.8, 4) is 5.88 Å². The number of likely N-dealkylation sites (tertiary alicyclic amines) is 1. The fraction of sp³-hybridized carbons (Fsp3) is 0.393. The summed E-state index contributed by atoms with van der Waals surface area (Å²) in [6, 6.07) is 12.4. The molecule has 214 valence electrons. The minimum Gasteiger partial charge on any atom is -0.469 e. The van der Waals surface area contributed by atoms with E-state index in [0.29, 0.717) is 12.4 Å². The van der Waals surface area contributed by atoms with Crippen molar-refractivity contribution < 1.29 is 17.9 Å². The second kappa shape index (κ2) is 13.3. The van der Waals surface area contributed by atoms with Gasteiger partial charge in [0.05, 0.1) is 20.5 Å². The number of aryl methyl sites for hydroxylation is 1. The molecular weight excluding hydrogens is 573 g/mol. The zero-order valence-corrected chi connectivity index (χ0v) is 24.7. The standard InChI is InChI=1S/C28H33Cl2N5O4S/c1-18-4-3-5-25(34-18)39-27(20-6-8-22(9-7-20)40(31,37)38)21-11-14-35(15-12-21)19(2)10-13-33-28(36)26-23(29)16-32-17-24(26)30/h3-9,16-17,19,21,27H,10-15H2,1-2H3,(H,33,36)(H2,31,37,38). The molecule has 1 fully saturated rings. The maximum Gasteiger partial charge on any atom is 0.254 e. The third-order valence-corrected chi connectivity index (χ3v) is 8.70. The lowest BCUT2D eigenvalue weighted by Gasteiger charge is -2.39. The lowest BCUT2D eigenvalue weighted by molar-refractivity contribution is 0.0579. The summed E-state index contributed by atoms with van der Waals surface area (Å²) in [6.45, 7) is 6.26. The van der Waals surface area contributed by atoms with E-state index in [-0.39, 0.29) is 44.5 Å². The number of nitrogens with two attached hydrogens (primary N) is 1. The van der Waals surface area contributed by atoms with Crippen molar-refractivity contribution >= 4 is 39.1 Å². The molecular formula is C28H33Cl2N5O4S. The highest BCUT2D eigenvalue weighted by Gasteiger charge is 2.31. The highest BCUT2D eigenvalue weighted by atomic mass is 35.5. The second-order valence-electron chi connectivity index (χ2n) is 10.0. The summed E-state index contributed by atoms with van der Waals surface area (Å²) in [7, 11) is -3.79. The maximum atomic E-state index is 12.6. The summed E-state index contributed by atoms with van der Waals surface area (Å²) in [6.07, 6.45) is 5.03. The minimum atomic E-state index is -3.79. The molecule has 3 aromatic rings. The summed E-state index contributed by atoms with van der Waals surface area (Å²) in [5, 5.41) is 8.64. The monoisotopic (exact) mass is 605 g/mol. The Bertz CT molecular complexity index is 1410. The molecule has 1 saturated heterocycles. The van der Waals surface area contributed by atoms with Gasteiger partial charge < -0.3 is 15.0 Å². The topological polar surface area (TPSA) is 128 Å². The van der Waals surface area contributed by atoms with Crippen LogP contribution in [-0.4, -0.2) is 54.9 Å². The molecule has 2 unspecified atom stereocenters. The summed E-state index contributed by atoms with van der Waals surface area (Å²) in [4.78, 5) is 23.4. The molecule has 40 heavy (non-hydrogen) atoms. The number of hydrogen-bond donors (Lipinski definition) is 2. The van der Waals surface area contributed by atoms with Crippen molar-refractivity contribution in [3.63, 3.8) is 0 Å². The Balaban J connectivity index is 1.37. The van der Waals surface area contributed by atoms with Gasteiger partial charge in [-0.2, -0.15) is 0 Å². The summed E-state index contributed by atoms with van der Waals surface area (Å²) in [5.74, 6) is 0.407. The van der Waals surface area contributed by atoms with Gasteiger partial charge in [-0.15, -0.1) is 0 Å². The van der Waals surface area contributed by atoms with E-state index >= 15 is 0 Å². The van der Waals surface area contributed by atoms with Crippen LogP contribution in [0.5, 0.6) is 5.88 Å². The zero-order valence-electron chi connectivity index (χ0n) is 22.4. The van der Waals surface area contributed by atoms with Crippen LogP contribution >= 0.6 is 23.2 Å². The molecule has 0 saturated carbocycles. The molecule has 9 nitrogen and oxygen atoms in total. The summed E-state index contributed by atoms with van der Waals surface area (Å²) < 4.78 is 29.9. The minimum absolute atomic E-state index is 0.0629. The lowest BCUT2D eigenvalue weighted by atomic mass is 9.86. The molecule has 1 aliphatic rings. The van der Waals surface area contributed by atoms with E-state index in [2.05, 4.69) is 27.1 Å². The molecule has 12 heteroatoms. The van der Waals surface area contributed by atoms with Gasteiger partial charge >= 0.3 is 0 Å². The van der Waals surface area contributed by atoms with Crippen LogP contribution in [0.3, 0.4) is 0 Å². The number of aromatic nitrogens is 2. The van der Waals surface area contributed by atoms with Gasteiger partial charge in [0.25, 0.3) is 5.91 Å². The van der Waals surface area contributed by atoms with E-state index in [1.807, 2.05) is 25.1 Å². The van der Waals surface area contributed by atoms with Gasteiger partial charge in [-0.25, -0.2) is 18.5 Å². The van der Waals surface area contributed by atoms with E-state index in [9.17, 15) is 13.2 Å². The first-order valence-corrected chi connectivity index (χ1v) is 15.4. The Morgan fingerprint density at radius 1 is 1.12 bits per heavy atom. The molecule has 3 N–H and O–H groups in total. The molecule has 2 atom stereocenters. The number of ether oxygens (including phenoxy) is 1. The zero-order chi connectivity index (χ0) is 28.9. The second-order valence-corrected chi connectivity index (χ2v) is 12.4. The molecule has 1 aromatic carbocycles. The summed E-state index contributed by atoms with van der Waals surface area (Å²) >= 11 is 12.2. The third kappa shape index (κ3) is 7.70. The predicted octanol–water partition coefficient (Wildman–Crippen LogP) is 4.78. The number of nitrogens with one attached hydrogen (secondary N) is 1. The number of carbonyl (C=O) groups is 1. The van der Waals surface area contributed by atoms with Crippen LogP contribution in [0.1, 0.15) is 53.9 Å². The van der Waals surface area contributed by atoms with Crippen molar-refractivity contribution in [2.75, 3.05) is 19.6 Å². The number of benzene rings is 1. The first kappa shape index (κ1) is 30.2. The number of pyridine rings is 2. The third-order valence-electron chi connectivity index (χ3n) is 7.20. The Morgan fingerprint density at radius 2 is 1.77 bits per heavy atom. The smallest absolute Gasteiger partial charge is 0.254 e. The number of sulfonamides is 1. The molecule has 1 aliphatic heterocycles. The number of hydrogen-bond acceptors (Lipinski definition) is 7. The number of primary sulfonamides is 1. The van der Waals surface area contributed by atoms with Crippen LogP contribution in [0.25, 0.3) is 0 Å². The molecule has 3 heterocycles. The van der Waals surface area contributed by atoms with Gasteiger partial charge in [-0.05, 0) is 70.0 Å². The fourth-order valence-electron chi connectivity index (χ4n) is 4.95. The number of rotatable bonds is 10. The number of carbonyl (C=O) groups excluding carboxylic acids is 1. The Kier molecular flexibility index (Phi) is 10.0. The van der Waals surface area contributed by atoms with E-state index in [1.165, 1.54) is 24.5 Å². The average Bonchev–Trinajstić information content (AvgIpc) is 2.91. The van der Waals surface area contributed by atoms with Crippen molar-refractivity contribution in [1.82, 2.24) is 20.2 Å². The highest BCUT2D eigenvalue weighted by molar-refractivity contribution is 7.89. The number of halogens is 2. The number of nitrogens with zero attached hydrogens (tertiary/aromatic N) is 3. The van der Waals surface area contributed by atoms with Gasteiger partial charge in [0.15, 0.2) is 0 Å². The van der Waals surface area contributed by atoms with Crippen molar-refractivity contribution in [3.05, 3.63) is 81.7 Å². The first-order valence-electron chi connectivity index (χ1n) is 13.1. The fourth-order valence-corrected chi connectivity index (χ4v) is 6.01. The van der Waals surface area contributed by atoms with E-state index < -0.39 is 10.0 Å². The largest absolute Gasteiger partial charge is 0.469 e. The Morgan fingerprint density at radius 3 is 2.38 bits per heavy atom. The van der Waals surface area contributed by atoms with Gasteiger partial charge in [0.1, 0.15) is 6.10 Å². The molecule has 1 amide bonds. The first-order chi connectivity index (χ1) is 19.0. The molecule has 2 aromatic heterocycles. The van der Waals surface area contributed by atoms with Crippen LogP contribution in [0, 0.1) is 12.8 Å². The van der Waals surface area contributed by atoms with Crippen LogP contribution in [0.2, 0.25) is 10.0 Å². The Labute approximate surface area is 245 Å². The maximum absolute atomic E-state index is 12.6. The van der Waals surface area contributed by atoms with Crippen LogP contribution in [0.4, 0.5) is 0 Å². The lowest BCUT2D eigenvalue weighted by Crippen LogP contribution is -2.43. The predicted molar refractivity (Wildman–Crippen MR) is 155 cm³/mol. The van der Waals surface area contributed by atoms with Gasteiger partial charge in [0.2, 0.25) is 15.9 Å². The van der Waals surface area contributed by atoms with Gasteiger partial charge in [-0.1, -0.05) is 41.4 Å². The molecule has 0 radical (unpaired) electrons. The average molecular weight is 607 g/mol. The highest BCUT2D eigenvalue weighted by Crippen LogP contribution is 2.35. The Hall–Kier alpha value is -2.76. The molecule has 4 rings (SSSR count). The molecule has 0 bridgehead atoms. The quantitative estimate of drug-likeness (QED) is 0.340. The molecule has 0 aliphatic carbocycles. The van der Waals surface area contributed by atoms with E-state index in [1.54, 1.807) is 12.1 Å². The SMILES string of the molecule is Cc1cccc(OC(c2ccc(S(N)(=O)=O)cc2)C2CCN(C(C)CCNC(=O)c3c(Cl)cncc3Cl)CC2)n1. The number of amides is 1. The van der Waals surface area contributed by atoms with Crippen LogP contribution in [0.15, 0.2) is 59.8 Å². The normalized spacial score (nSPS) is 16.3. The number of piperidine rings is 1. The van der Waals surface area contributed by atoms with Crippen molar-refractivity contribution in [2.45, 2.75) is 50.2 Å². The van der Waals surface area contributed by atoms with Gasteiger partial charge in [0, 0.05) is 42.7 Å². The van der Waals surface area contributed by atoms with E-state index in [4.69, 9.17) is 33.1 Å². The van der Waals surface area contributed by atoms with Gasteiger partial charge in [-0.3, -0.25) is 9.78 Å². The van der Waals surface area contributed by atoms with E-state index in [0.717, 1.165) is 43.6 Å².